The molecule has 1 heterocycles. The number of halogens is 1. The second-order valence-electron chi connectivity index (χ2n) is 4.99. The van der Waals surface area contributed by atoms with Crippen LogP contribution in [0.25, 0.3) is 0 Å². The van der Waals surface area contributed by atoms with Crippen LogP contribution < -0.4 is 0 Å². The van der Waals surface area contributed by atoms with Gasteiger partial charge in [0.15, 0.2) is 0 Å². The van der Waals surface area contributed by atoms with Gasteiger partial charge in [-0.1, -0.05) is 28.8 Å². The van der Waals surface area contributed by atoms with Gasteiger partial charge in [-0.2, -0.15) is 0 Å². The average molecular weight is 304 g/mol. The van der Waals surface area contributed by atoms with Crippen LogP contribution in [-0.4, -0.2) is 41.4 Å². The van der Waals surface area contributed by atoms with E-state index in [9.17, 15) is 4.79 Å². The Hall–Kier alpha value is -0.0900. The normalized spacial score (nSPS) is 28.9. The Kier molecular flexibility index (Phi) is 5.29. The fraction of sp³-hybridized carbons (Fsp3) is 0.923. The van der Waals surface area contributed by atoms with E-state index < -0.39 is 0 Å². The third-order valence-corrected chi connectivity index (χ3v) is 4.39. The lowest BCUT2D eigenvalue weighted by atomic mass is 9.90. The third-order valence-electron chi connectivity index (χ3n) is 3.83. The van der Waals surface area contributed by atoms with Crippen LogP contribution in [0, 0.1) is 0 Å². The van der Waals surface area contributed by atoms with Crippen LogP contribution in [0.5, 0.6) is 0 Å². The number of carbonyl (C=O) groups is 1. The van der Waals surface area contributed by atoms with Gasteiger partial charge in [0.05, 0.1) is 18.8 Å². The van der Waals surface area contributed by atoms with Crippen LogP contribution in [0.2, 0.25) is 0 Å². The van der Waals surface area contributed by atoms with Crippen LogP contribution in [0.3, 0.4) is 0 Å². The molecule has 2 rings (SSSR count). The molecule has 17 heavy (non-hydrogen) atoms. The van der Waals surface area contributed by atoms with Gasteiger partial charge in [-0.05, 0) is 25.7 Å². The summed E-state index contributed by atoms with van der Waals surface area (Å²) in [5, 5.41) is 0.995. The van der Waals surface area contributed by atoms with Crippen molar-refractivity contribution >= 4 is 21.8 Å². The molecule has 0 aromatic carbocycles. The Labute approximate surface area is 112 Å². The second kappa shape index (κ2) is 6.74. The molecule has 0 aromatic rings. The van der Waals surface area contributed by atoms with E-state index in [-0.39, 0.29) is 0 Å². The van der Waals surface area contributed by atoms with Crippen LogP contribution in [-0.2, 0) is 9.53 Å². The summed E-state index contributed by atoms with van der Waals surface area (Å²) in [6, 6.07) is 0.369. The summed E-state index contributed by atoms with van der Waals surface area (Å²) >= 11 is 3.41. The van der Waals surface area contributed by atoms with E-state index in [2.05, 4.69) is 20.8 Å². The third kappa shape index (κ3) is 3.44. The Morgan fingerprint density at radius 1 is 1.29 bits per heavy atom. The minimum Gasteiger partial charge on any atom is -0.374 e. The molecule has 3 nitrogen and oxygen atoms in total. The van der Waals surface area contributed by atoms with Crippen LogP contribution >= 0.6 is 15.9 Å². The number of unbranched alkanes of at least 4 members (excludes halogenated alkanes) is 1. The largest absolute Gasteiger partial charge is 0.374 e. The number of alkyl halides is 1. The molecule has 2 unspecified atom stereocenters. The first-order valence-electron chi connectivity index (χ1n) is 6.80. The second-order valence-corrected chi connectivity index (χ2v) is 5.79. The summed E-state index contributed by atoms with van der Waals surface area (Å²) in [6.45, 7) is 1.53. The summed E-state index contributed by atoms with van der Waals surface area (Å²) in [6.07, 6.45) is 7.88. The molecule has 2 fully saturated rings. The number of nitrogens with zero attached hydrogens (tertiary/aromatic N) is 1. The van der Waals surface area contributed by atoms with Crippen molar-refractivity contribution in [3.05, 3.63) is 0 Å². The van der Waals surface area contributed by atoms with Crippen LogP contribution in [0.15, 0.2) is 0 Å². The number of carbonyl (C=O) groups excluding carboxylic acids is 1. The van der Waals surface area contributed by atoms with Crippen molar-refractivity contribution < 1.29 is 9.53 Å². The van der Waals surface area contributed by atoms with E-state index in [1.165, 1.54) is 12.8 Å². The molecule has 4 heteroatoms. The molecule has 0 N–H and O–H groups in total. The maximum atomic E-state index is 12.2. The summed E-state index contributed by atoms with van der Waals surface area (Å²) in [7, 11) is 0. The van der Waals surface area contributed by atoms with Crippen molar-refractivity contribution in [2.75, 3.05) is 18.5 Å². The van der Waals surface area contributed by atoms with E-state index in [1.807, 2.05) is 0 Å². The highest BCUT2D eigenvalue weighted by Crippen LogP contribution is 2.28. The van der Waals surface area contributed by atoms with E-state index in [0.717, 1.165) is 44.2 Å². The van der Waals surface area contributed by atoms with Gasteiger partial charge in [-0.15, -0.1) is 0 Å². The number of hydrogen-bond acceptors (Lipinski definition) is 2. The standard InChI is InChI=1S/C13H22BrNO2/c14-8-4-3-7-13(16)15-9-10-17-12-6-2-1-5-11(12)15/h11-12H,1-10H2. The molecule has 0 spiro atoms. The van der Waals surface area contributed by atoms with Crippen molar-refractivity contribution in [1.29, 1.82) is 0 Å². The van der Waals surface area contributed by atoms with E-state index in [1.54, 1.807) is 0 Å². The number of hydrogen-bond donors (Lipinski definition) is 0. The molecule has 1 amide bonds. The molecule has 1 saturated carbocycles. The lowest BCUT2D eigenvalue weighted by molar-refractivity contribution is -0.149. The van der Waals surface area contributed by atoms with Gasteiger partial charge >= 0.3 is 0 Å². The highest BCUT2D eigenvalue weighted by atomic mass is 79.9. The minimum absolute atomic E-state index is 0.317. The minimum atomic E-state index is 0.317. The number of morpholine rings is 1. The highest BCUT2D eigenvalue weighted by molar-refractivity contribution is 9.09. The lowest BCUT2D eigenvalue weighted by Crippen LogP contribution is -2.54. The molecule has 0 bridgehead atoms. The Balaban J connectivity index is 1.87. The lowest BCUT2D eigenvalue weighted by Gasteiger charge is -2.43. The molecule has 98 valence electrons. The van der Waals surface area contributed by atoms with E-state index >= 15 is 0 Å². The molecule has 2 aliphatic rings. The smallest absolute Gasteiger partial charge is 0.222 e. The maximum absolute atomic E-state index is 12.2. The molecule has 0 aromatic heterocycles. The van der Waals surface area contributed by atoms with Gasteiger partial charge in [0.2, 0.25) is 5.91 Å². The van der Waals surface area contributed by atoms with Gasteiger partial charge in [0.1, 0.15) is 0 Å². The zero-order chi connectivity index (χ0) is 12.1. The van der Waals surface area contributed by atoms with Crippen LogP contribution in [0.4, 0.5) is 0 Å². The van der Waals surface area contributed by atoms with Gasteiger partial charge in [0.25, 0.3) is 0 Å². The first-order chi connectivity index (χ1) is 8.33. The monoisotopic (exact) mass is 303 g/mol. The zero-order valence-electron chi connectivity index (χ0n) is 10.4. The molecular weight excluding hydrogens is 282 g/mol. The highest BCUT2D eigenvalue weighted by Gasteiger charge is 2.36. The fourth-order valence-corrected chi connectivity index (χ4v) is 3.32. The van der Waals surface area contributed by atoms with E-state index in [4.69, 9.17) is 4.74 Å². The molecule has 1 saturated heterocycles. The van der Waals surface area contributed by atoms with Gasteiger partial charge < -0.3 is 9.64 Å². The predicted molar refractivity (Wildman–Crippen MR) is 71.4 cm³/mol. The topological polar surface area (TPSA) is 29.5 Å². The maximum Gasteiger partial charge on any atom is 0.222 e. The van der Waals surface area contributed by atoms with Crippen molar-refractivity contribution in [1.82, 2.24) is 4.90 Å². The SMILES string of the molecule is O=C(CCCCBr)N1CCOC2CCCCC21. The van der Waals surface area contributed by atoms with Crippen molar-refractivity contribution in [2.45, 2.75) is 57.1 Å². The first-order valence-corrected chi connectivity index (χ1v) is 7.92. The number of rotatable bonds is 4. The molecule has 1 aliphatic heterocycles. The van der Waals surface area contributed by atoms with Crippen molar-refractivity contribution in [2.24, 2.45) is 0 Å². The van der Waals surface area contributed by atoms with Crippen molar-refractivity contribution in [3.63, 3.8) is 0 Å². The average Bonchev–Trinajstić information content (AvgIpc) is 2.38. The van der Waals surface area contributed by atoms with Gasteiger partial charge in [0, 0.05) is 18.3 Å². The van der Waals surface area contributed by atoms with Crippen molar-refractivity contribution in [3.8, 4) is 0 Å². The molecule has 2 atom stereocenters. The Morgan fingerprint density at radius 2 is 2.12 bits per heavy atom. The van der Waals surface area contributed by atoms with E-state index in [0.29, 0.717) is 24.5 Å². The number of ether oxygens (including phenoxy) is 1. The predicted octanol–water partition coefficient (Wildman–Crippen LogP) is 2.72. The summed E-state index contributed by atoms with van der Waals surface area (Å²) < 4.78 is 5.79. The Bertz CT molecular complexity index is 258. The molecular formula is C13H22BrNO2. The van der Waals surface area contributed by atoms with Crippen LogP contribution in [0.1, 0.15) is 44.9 Å². The number of fused-ring (bicyclic) bond motifs is 1. The zero-order valence-corrected chi connectivity index (χ0v) is 12.0. The Morgan fingerprint density at radius 3 is 2.94 bits per heavy atom. The first kappa shape index (κ1) is 13.3. The summed E-state index contributed by atoms with van der Waals surface area (Å²) in [5.74, 6) is 0.339. The number of amides is 1. The summed E-state index contributed by atoms with van der Waals surface area (Å²) in [5.41, 5.74) is 0. The fourth-order valence-electron chi connectivity index (χ4n) is 2.92. The molecule has 0 radical (unpaired) electrons. The summed E-state index contributed by atoms with van der Waals surface area (Å²) in [4.78, 5) is 14.3. The quantitative estimate of drug-likeness (QED) is 0.590. The molecule has 1 aliphatic carbocycles. The van der Waals surface area contributed by atoms with Gasteiger partial charge in [-0.25, -0.2) is 0 Å². The van der Waals surface area contributed by atoms with Gasteiger partial charge in [-0.3, -0.25) is 4.79 Å².